The molecule has 1 aromatic heterocycles. The van der Waals surface area contributed by atoms with Gasteiger partial charge >= 0.3 is 0 Å². The normalized spacial score (nSPS) is 10.7. The highest BCUT2D eigenvalue weighted by Crippen LogP contribution is 2.21. The number of aryl methyl sites for hydroxylation is 1. The van der Waals surface area contributed by atoms with E-state index in [-0.39, 0.29) is 0 Å². The number of hydrogen-bond donors (Lipinski definition) is 1. The summed E-state index contributed by atoms with van der Waals surface area (Å²) >= 11 is 8.21. The van der Waals surface area contributed by atoms with E-state index in [1.807, 2.05) is 12.1 Å². The van der Waals surface area contributed by atoms with Crippen LogP contribution in [0.15, 0.2) is 57.6 Å². The van der Waals surface area contributed by atoms with Crippen LogP contribution in [0.25, 0.3) is 11.3 Å². The second-order valence-corrected chi connectivity index (χ2v) is 5.85. The molecule has 0 fully saturated rings. The average molecular weight is 346 g/mol. The average Bonchev–Trinajstić information content (AvgIpc) is 2.84. The molecule has 0 unspecified atom stereocenters. The lowest BCUT2D eigenvalue weighted by molar-refractivity contribution is 0.541. The predicted octanol–water partition coefficient (Wildman–Crippen LogP) is 5.36. The topological polar surface area (TPSA) is 28.9 Å². The Labute approximate surface area is 129 Å². The molecule has 2 aromatic rings. The zero-order valence-corrected chi connectivity index (χ0v) is 13.2. The quantitative estimate of drug-likeness (QED) is 0.470. The molecule has 0 amide bonds. The number of rotatable bonds is 1. The van der Waals surface area contributed by atoms with E-state index >= 15 is 0 Å². The van der Waals surface area contributed by atoms with Gasteiger partial charge in [0.05, 0.1) is 5.69 Å². The summed E-state index contributed by atoms with van der Waals surface area (Å²) in [5.74, 6) is 0. The Bertz CT molecular complexity index is 893. The van der Waals surface area contributed by atoms with E-state index in [2.05, 4.69) is 58.2 Å². The summed E-state index contributed by atoms with van der Waals surface area (Å²) in [6.45, 7) is 2.06. The molecular weight excluding hydrogens is 334 g/mol. The third-order valence-corrected chi connectivity index (χ3v) is 4.02. The fraction of sp³-hybridized carbons (Fsp3) is 0.0625. The van der Waals surface area contributed by atoms with E-state index in [1.165, 1.54) is 20.5 Å². The van der Waals surface area contributed by atoms with Crippen LogP contribution in [0, 0.1) is 22.2 Å². The molecule has 2 aliphatic rings. The monoisotopic (exact) mass is 345 g/mol. The Hall–Kier alpha value is -1.65. The second-order valence-electron chi connectivity index (χ2n) is 4.62. The standard InChI is InChI=1S/C10H9NOS.C6H3Br/c1-7-2-4-8(5-3-7)9-6-12-10(13)11-9;7-6-3-4-1-2-5(4)6/h2-6H,1H3,(H,11,13);1-3H. The number of halogens is 1. The maximum Gasteiger partial charge on any atom is 0.266 e. The first-order valence-corrected chi connectivity index (χ1v) is 7.38. The van der Waals surface area contributed by atoms with E-state index in [0.29, 0.717) is 4.84 Å². The summed E-state index contributed by atoms with van der Waals surface area (Å²) in [6.07, 6.45) is 1.63. The van der Waals surface area contributed by atoms with Crippen LogP contribution in [0.3, 0.4) is 0 Å². The molecule has 100 valence electrons. The smallest absolute Gasteiger partial charge is 0.266 e. The zero-order valence-electron chi connectivity index (χ0n) is 10.8. The Balaban J connectivity index is 0.000000144. The van der Waals surface area contributed by atoms with Crippen LogP contribution < -0.4 is 0 Å². The highest BCUT2D eigenvalue weighted by atomic mass is 79.9. The van der Waals surface area contributed by atoms with Gasteiger partial charge < -0.3 is 9.40 Å². The third kappa shape index (κ3) is 2.62. The third-order valence-electron chi connectivity index (χ3n) is 3.16. The van der Waals surface area contributed by atoms with Gasteiger partial charge in [-0.05, 0) is 35.6 Å². The van der Waals surface area contributed by atoms with Gasteiger partial charge in [-0.3, -0.25) is 0 Å². The lowest BCUT2D eigenvalue weighted by Gasteiger charge is -2.02. The van der Waals surface area contributed by atoms with Gasteiger partial charge in [0.1, 0.15) is 6.26 Å². The van der Waals surface area contributed by atoms with E-state index < -0.39 is 0 Å². The number of nitrogens with one attached hydrogen (secondary N) is 1. The molecule has 2 nitrogen and oxygen atoms in total. The SMILES string of the molecule is Brc1cc2ccc1=2.Cc1ccc(-c2coc(=S)[nH]2)cc1. The molecule has 4 rings (SSSR count). The minimum atomic E-state index is 0.413. The molecule has 0 bridgehead atoms. The maximum absolute atomic E-state index is 5.01. The highest BCUT2D eigenvalue weighted by Gasteiger charge is 1.99. The molecule has 0 radical (unpaired) electrons. The largest absolute Gasteiger partial charge is 0.437 e. The first-order chi connectivity index (χ1) is 9.63. The van der Waals surface area contributed by atoms with Gasteiger partial charge in [0.2, 0.25) is 0 Å². The van der Waals surface area contributed by atoms with Crippen molar-refractivity contribution < 1.29 is 4.42 Å². The van der Waals surface area contributed by atoms with Crippen molar-refractivity contribution in [2.75, 3.05) is 0 Å². The van der Waals surface area contributed by atoms with Gasteiger partial charge in [0.25, 0.3) is 4.84 Å². The van der Waals surface area contributed by atoms with Gasteiger partial charge in [-0.1, -0.05) is 57.9 Å². The first-order valence-electron chi connectivity index (χ1n) is 6.18. The van der Waals surface area contributed by atoms with Gasteiger partial charge in [-0.2, -0.15) is 0 Å². The summed E-state index contributed by atoms with van der Waals surface area (Å²) in [5, 5.41) is 2.78. The molecule has 0 saturated heterocycles. The number of hydrogen-bond acceptors (Lipinski definition) is 2. The van der Waals surface area contributed by atoms with Gasteiger partial charge in [-0.25, -0.2) is 0 Å². The maximum atomic E-state index is 5.01. The number of aromatic nitrogens is 1. The van der Waals surface area contributed by atoms with Crippen molar-refractivity contribution in [3.8, 4) is 11.3 Å². The summed E-state index contributed by atoms with van der Waals surface area (Å²) in [5.41, 5.74) is 3.25. The molecule has 0 saturated carbocycles. The Kier molecular flexibility index (Phi) is 3.59. The minimum absolute atomic E-state index is 0.413. The van der Waals surface area contributed by atoms with Crippen LogP contribution in [0.2, 0.25) is 0 Å². The van der Waals surface area contributed by atoms with E-state index in [9.17, 15) is 0 Å². The molecule has 0 atom stereocenters. The lowest BCUT2D eigenvalue weighted by Crippen LogP contribution is -1.85. The minimum Gasteiger partial charge on any atom is -0.437 e. The van der Waals surface area contributed by atoms with Crippen molar-refractivity contribution in [3.05, 3.63) is 74.0 Å². The lowest BCUT2D eigenvalue weighted by atomic mass is 10.1. The molecular formula is C16H12BrNOS. The van der Waals surface area contributed by atoms with Crippen LogP contribution >= 0.6 is 28.1 Å². The summed E-state index contributed by atoms with van der Waals surface area (Å²) in [6, 6.07) is 14.5. The van der Waals surface area contributed by atoms with Crippen molar-refractivity contribution in [3.63, 3.8) is 0 Å². The Morgan fingerprint density at radius 1 is 1.10 bits per heavy atom. The van der Waals surface area contributed by atoms with Crippen LogP contribution in [0.5, 0.6) is 0 Å². The molecule has 1 heterocycles. The van der Waals surface area contributed by atoms with E-state index in [0.717, 1.165) is 11.3 Å². The number of oxazole rings is 1. The zero-order chi connectivity index (χ0) is 14.1. The summed E-state index contributed by atoms with van der Waals surface area (Å²) in [4.78, 5) is 3.37. The molecule has 1 aromatic carbocycles. The van der Waals surface area contributed by atoms with Gasteiger partial charge in [0, 0.05) is 10.0 Å². The number of benzene rings is 2. The summed E-state index contributed by atoms with van der Waals surface area (Å²) in [7, 11) is 0. The summed E-state index contributed by atoms with van der Waals surface area (Å²) < 4.78 is 6.26. The highest BCUT2D eigenvalue weighted by molar-refractivity contribution is 9.10. The Morgan fingerprint density at radius 3 is 2.20 bits per heavy atom. The van der Waals surface area contributed by atoms with Gasteiger partial charge in [0.15, 0.2) is 0 Å². The Morgan fingerprint density at radius 2 is 1.85 bits per heavy atom. The fourth-order valence-corrected chi connectivity index (χ4v) is 2.66. The van der Waals surface area contributed by atoms with Crippen LogP contribution in [0.1, 0.15) is 5.56 Å². The van der Waals surface area contributed by atoms with Crippen molar-refractivity contribution in [2.24, 2.45) is 0 Å². The van der Waals surface area contributed by atoms with Crippen LogP contribution in [0.4, 0.5) is 0 Å². The molecule has 0 spiro atoms. The van der Waals surface area contributed by atoms with Crippen LogP contribution in [-0.2, 0) is 0 Å². The molecule has 4 heteroatoms. The van der Waals surface area contributed by atoms with E-state index in [4.69, 9.17) is 16.6 Å². The second kappa shape index (κ2) is 5.38. The fourth-order valence-electron chi connectivity index (χ4n) is 1.90. The van der Waals surface area contributed by atoms with E-state index in [1.54, 1.807) is 6.26 Å². The van der Waals surface area contributed by atoms with Crippen molar-refractivity contribution >= 4 is 28.1 Å². The molecule has 20 heavy (non-hydrogen) atoms. The van der Waals surface area contributed by atoms with Crippen molar-refractivity contribution in [1.29, 1.82) is 0 Å². The first kappa shape index (κ1) is 13.3. The molecule has 0 aliphatic heterocycles. The number of H-pyrrole nitrogens is 1. The number of aromatic amines is 1. The van der Waals surface area contributed by atoms with Crippen molar-refractivity contribution in [2.45, 2.75) is 6.92 Å². The molecule has 2 aliphatic carbocycles. The van der Waals surface area contributed by atoms with Crippen LogP contribution in [-0.4, -0.2) is 4.98 Å². The van der Waals surface area contributed by atoms with Crippen molar-refractivity contribution in [1.82, 2.24) is 4.98 Å². The molecule has 1 N–H and O–H groups in total. The predicted molar refractivity (Wildman–Crippen MR) is 85.9 cm³/mol. The van der Waals surface area contributed by atoms with Gasteiger partial charge in [-0.15, -0.1) is 0 Å².